The van der Waals surface area contributed by atoms with Crippen LogP contribution in [0.5, 0.6) is 0 Å². The minimum absolute atomic E-state index is 0.592. The number of nitrogens with zero attached hydrogens (tertiary/aromatic N) is 4. The molecule has 0 saturated carbocycles. The molecule has 63 heavy (non-hydrogen) atoms. The third kappa shape index (κ3) is 5.13. The Morgan fingerprint density at radius 1 is 0.397 bits per heavy atom. The maximum atomic E-state index is 6.95. The number of hydrogen-bond donors (Lipinski definition) is 0. The van der Waals surface area contributed by atoms with Gasteiger partial charge in [0.1, 0.15) is 11.2 Å². The van der Waals surface area contributed by atoms with Crippen LogP contribution < -0.4 is 0 Å². The largest absolute Gasteiger partial charge is 0.455 e. The molecule has 0 aliphatic rings. The van der Waals surface area contributed by atoms with E-state index in [1.807, 2.05) is 18.2 Å². The molecule has 10 aromatic carbocycles. The second-order valence-corrected chi connectivity index (χ2v) is 17.4. The van der Waals surface area contributed by atoms with E-state index in [1.165, 1.54) is 58.8 Å². The molecule has 0 amide bonds. The van der Waals surface area contributed by atoms with Crippen molar-refractivity contribution in [3.8, 4) is 39.9 Å². The summed E-state index contributed by atoms with van der Waals surface area (Å²) in [4.78, 5) is 15.5. The van der Waals surface area contributed by atoms with E-state index < -0.39 is 0 Å². The van der Waals surface area contributed by atoms with Gasteiger partial charge in [0, 0.05) is 74.6 Å². The minimum atomic E-state index is 0.592. The average Bonchev–Trinajstić information content (AvgIpc) is 4.02. The van der Waals surface area contributed by atoms with Crippen LogP contribution in [0.3, 0.4) is 0 Å². The van der Waals surface area contributed by atoms with Crippen molar-refractivity contribution in [2.45, 2.75) is 0 Å². The summed E-state index contributed by atoms with van der Waals surface area (Å²) in [6.07, 6.45) is 0. The van der Waals surface area contributed by atoms with Crippen molar-refractivity contribution in [1.29, 1.82) is 0 Å². The monoisotopic (exact) mass is 820 g/mol. The number of hydrogen-bond acceptors (Lipinski definition) is 5. The summed E-state index contributed by atoms with van der Waals surface area (Å²) in [5.74, 6) is 1.86. The van der Waals surface area contributed by atoms with Crippen molar-refractivity contribution < 1.29 is 4.42 Å². The highest BCUT2D eigenvalue weighted by Crippen LogP contribution is 2.44. The average molecular weight is 821 g/mol. The topological polar surface area (TPSA) is 56.7 Å². The van der Waals surface area contributed by atoms with Gasteiger partial charge in [0.25, 0.3) is 0 Å². The standard InChI is InChI=1S/C57H32N4OS/c1-2-14-34(15-3-1)55-58-56(60-57(59-55)45-23-12-22-44-41-20-10-11-24-51(41)63-54(44)45)37-26-27-40-47-32-49(39-19-8-9-21-43(39)53(47)62-50(40)31-37)61-48-30-36-17-5-4-16-35(36)29-46(48)42-28-25-33-13-6-7-18-38(33)52(42)61/h1-32H. The van der Waals surface area contributed by atoms with Gasteiger partial charge in [-0.05, 0) is 58.6 Å². The van der Waals surface area contributed by atoms with Gasteiger partial charge in [-0.3, -0.25) is 0 Å². The molecule has 4 heterocycles. The van der Waals surface area contributed by atoms with Gasteiger partial charge in [-0.15, -0.1) is 11.3 Å². The van der Waals surface area contributed by atoms with Crippen LogP contribution in [-0.4, -0.2) is 19.5 Å². The highest BCUT2D eigenvalue weighted by molar-refractivity contribution is 7.26. The van der Waals surface area contributed by atoms with Crippen LogP contribution >= 0.6 is 11.3 Å². The lowest BCUT2D eigenvalue weighted by Gasteiger charge is -2.14. The molecule has 292 valence electrons. The van der Waals surface area contributed by atoms with Gasteiger partial charge in [-0.1, -0.05) is 152 Å². The summed E-state index contributed by atoms with van der Waals surface area (Å²) in [7, 11) is 0. The summed E-state index contributed by atoms with van der Waals surface area (Å²) < 4.78 is 11.8. The van der Waals surface area contributed by atoms with Gasteiger partial charge in [0.2, 0.25) is 0 Å². The Hall–Kier alpha value is -8.19. The summed E-state index contributed by atoms with van der Waals surface area (Å²) >= 11 is 1.78. The molecular formula is C57H32N4OS. The maximum absolute atomic E-state index is 6.95. The maximum Gasteiger partial charge on any atom is 0.165 e. The van der Waals surface area contributed by atoms with Crippen LogP contribution in [0.1, 0.15) is 0 Å². The second-order valence-electron chi connectivity index (χ2n) is 16.3. The Bertz CT molecular complexity index is 4220. The fourth-order valence-electron chi connectivity index (χ4n) is 9.88. The van der Waals surface area contributed by atoms with Crippen LogP contribution in [0.15, 0.2) is 199 Å². The molecule has 0 unspecified atom stereocenters. The molecule has 4 aromatic heterocycles. The Labute approximate surface area is 363 Å². The normalized spacial score (nSPS) is 12.1. The molecule has 5 nitrogen and oxygen atoms in total. The first-order valence-corrected chi connectivity index (χ1v) is 22.0. The Kier molecular flexibility index (Phi) is 7.21. The van der Waals surface area contributed by atoms with Gasteiger partial charge in [0.05, 0.1) is 16.7 Å². The van der Waals surface area contributed by atoms with Gasteiger partial charge < -0.3 is 8.98 Å². The Balaban J connectivity index is 1.01. The molecule has 0 aliphatic carbocycles. The molecule has 0 N–H and O–H groups in total. The van der Waals surface area contributed by atoms with E-state index >= 15 is 0 Å². The van der Waals surface area contributed by atoms with Crippen molar-refractivity contribution >= 4 is 108 Å². The summed E-state index contributed by atoms with van der Waals surface area (Å²) in [5.41, 5.74) is 7.89. The lowest BCUT2D eigenvalue weighted by atomic mass is 10.0. The molecule has 0 bridgehead atoms. The number of benzene rings is 10. The molecule has 14 rings (SSSR count). The Morgan fingerprint density at radius 2 is 1.06 bits per heavy atom. The van der Waals surface area contributed by atoms with Crippen molar-refractivity contribution in [3.63, 3.8) is 0 Å². The first-order valence-electron chi connectivity index (χ1n) is 21.2. The predicted octanol–water partition coefficient (Wildman–Crippen LogP) is 15.7. The molecule has 14 aromatic rings. The van der Waals surface area contributed by atoms with Crippen molar-refractivity contribution in [3.05, 3.63) is 194 Å². The number of furan rings is 1. The molecule has 0 saturated heterocycles. The first kappa shape index (κ1) is 34.5. The van der Waals surface area contributed by atoms with Gasteiger partial charge >= 0.3 is 0 Å². The number of rotatable bonds is 4. The van der Waals surface area contributed by atoms with E-state index in [1.54, 1.807) is 11.3 Å². The van der Waals surface area contributed by atoms with Crippen molar-refractivity contribution in [2.24, 2.45) is 0 Å². The number of aromatic nitrogens is 4. The van der Waals surface area contributed by atoms with E-state index in [4.69, 9.17) is 19.4 Å². The van der Waals surface area contributed by atoms with Crippen LogP contribution in [0.2, 0.25) is 0 Å². The van der Waals surface area contributed by atoms with Gasteiger partial charge in [0.15, 0.2) is 17.5 Å². The molecule has 6 heteroatoms. The minimum Gasteiger partial charge on any atom is -0.455 e. The van der Waals surface area contributed by atoms with E-state index in [-0.39, 0.29) is 0 Å². The SMILES string of the molecule is c1ccc(-c2nc(-c3ccc4c(c3)oc3c5ccccc5c(-n5c6cc7ccccc7cc6c6ccc7ccccc7c65)cc43)nc(-c3cccc4c3sc3ccccc34)n2)cc1. The van der Waals surface area contributed by atoms with Crippen molar-refractivity contribution in [2.75, 3.05) is 0 Å². The van der Waals surface area contributed by atoms with E-state index in [0.717, 1.165) is 59.8 Å². The fraction of sp³-hybridized carbons (Fsp3) is 0. The molecular weight excluding hydrogens is 789 g/mol. The first-order chi connectivity index (χ1) is 31.2. The summed E-state index contributed by atoms with van der Waals surface area (Å²) in [6, 6.07) is 69.1. The zero-order valence-electron chi connectivity index (χ0n) is 33.6. The predicted molar refractivity (Wildman–Crippen MR) is 263 cm³/mol. The zero-order valence-corrected chi connectivity index (χ0v) is 34.4. The fourth-order valence-corrected chi connectivity index (χ4v) is 11.1. The third-order valence-corrected chi connectivity index (χ3v) is 14.0. The smallest absolute Gasteiger partial charge is 0.165 e. The van der Waals surface area contributed by atoms with Crippen LogP contribution in [0.4, 0.5) is 0 Å². The van der Waals surface area contributed by atoms with Crippen LogP contribution in [-0.2, 0) is 0 Å². The van der Waals surface area contributed by atoms with E-state index in [0.29, 0.717) is 17.5 Å². The van der Waals surface area contributed by atoms with Crippen LogP contribution in [0.25, 0.3) is 136 Å². The Morgan fingerprint density at radius 3 is 1.92 bits per heavy atom. The van der Waals surface area contributed by atoms with Gasteiger partial charge in [-0.2, -0.15) is 0 Å². The quantitative estimate of drug-likeness (QED) is 0.177. The zero-order chi connectivity index (χ0) is 41.2. The summed E-state index contributed by atoms with van der Waals surface area (Å²) in [5, 5.41) is 14.0. The van der Waals surface area contributed by atoms with Crippen LogP contribution in [0, 0.1) is 0 Å². The van der Waals surface area contributed by atoms with Gasteiger partial charge in [-0.25, -0.2) is 15.0 Å². The lowest BCUT2D eigenvalue weighted by molar-refractivity contribution is 0.672. The number of thiophene rings is 1. The van der Waals surface area contributed by atoms with Crippen molar-refractivity contribution in [1.82, 2.24) is 19.5 Å². The van der Waals surface area contributed by atoms with E-state index in [2.05, 4.69) is 180 Å². The molecule has 0 spiro atoms. The summed E-state index contributed by atoms with van der Waals surface area (Å²) in [6.45, 7) is 0. The molecule has 0 fully saturated rings. The number of fused-ring (bicyclic) bond motifs is 14. The molecule has 0 atom stereocenters. The highest BCUT2D eigenvalue weighted by atomic mass is 32.1. The third-order valence-electron chi connectivity index (χ3n) is 12.8. The molecule has 0 aliphatic heterocycles. The lowest BCUT2D eigenvalue weighted by Crippen LogP contribution is -2.00. The highest BCUT2D eigenvalue weighted by Gasteiger charge is 2.22. The molecule has 0 radical (unpaired) electrons. The van der Waals surface area contributed by atoms with E-state index in [9.17, 15) is 0 Å². The second kappa shape index (κ2) is 13.2.